The molecule has 3 N–H and O–H groups in total. The first-order chi connectivity index (χ1) is 7.45. The molecular weight excluding hydrogens is 244 g/mol. The maximum Gasteiger partial charge on any atom is 0.241 e. The van der Waals surface area contributed by atoms with E-state index in [2.05, 4.69) is 4.72 Å². The molecule has 0 spiro atoms. The van der Waals surface area contributed by atoms with Crippen molar-refractivity contribution in [1.29, 1.82) is 0 Å². The Kier molecular flexibility index (Phi) is 3.09. The third kappa shape index (κ3) is 2.29. The van der Waals surface area contributed by atoms with E-state index in [9.17, 15) is 8.42 Å². The summed E-state index contributed by atoms with van der Waals surface area (Å²) in [6, 6.07) is 1.65. The van der Waals surface area contributed by atoms with Crippen LogP contribution in [0.15, 0.2) is 16.3 Å². The van der Waals surface area contributed by atoms with E-state index in [4.69, 9.17) is 5.73 Å². The van der Waals surface area contributed by atoms with Crippen LogP contribution < -0.4 is 10.5 Å². The van der Waals surface area contributed by atoms with E-state index in [1.165, 1.54) is 11.3 Å². The molecule has 2 rings (SSSR count). The second kappa shape index (κ2) is 4.10. The molecule has 1 aromatic heterocycles. The van der Waals surface area contributed by atoms with Crippen molar-refractivity contribution < 1.29 is 8.42 Å². The first-order valence-electron chi connectivity index (χ1n) is 5.27. The maximum atomic E-state index is 12.0. The van der Waals surface area contributed by atoms with Gasteiger partial charge in [-0.2, -0.15) is 0 Å². The van der Waals surface area contributed by atoms with Gasteiger partial charge in [0.15, 0.2) is 0 Å². The van der Waals surface area contributed by atoms with E-state index in [-0.39, 0.29) is 5.54 Å². The Hall–Kier alpha value is -0.430. The Balaban J connectivity index is 2.18. The molecule has 0 aromatic carbocycles. The largest absolute Gasteiger partial charge is 0.326 e. The minimum absolute atomic E-state index is 0.246. The molecule has 1 fully saturated rings. The normalized spacial score (nSPS) is 19.4. The molecule has 0 unspecified atom stereocenters. The van der Waals surface area contributed by atoms with E-state index in [0.29, 0.717) is 11.4 Å². The van der Waals surface area contributed by atoms with Crippen molar-refractivity contribution >= 4 is 21.4 Å². The summed E-state index contributed by atoms with van der Waals surface area (Å²) < 4.78 is 26.8. The minimum atomic E-state index is -3.36. The molecule has 0 amide bonds. The van der Waals surface area contributed by atoms with Crippen LogP contribution in [0.4, 0.5) is 0 Å². The fraction of sp³-hybridized carbons (Fsp3) is 0.600. The van der Waals surface area contributed by atoms with Gasteiger partial charge in [-0.25, -0.2) is 13.1 Å². The summed E-state index contributed by atoms with van der Waals surface area (Å²) in [5.41, 5.74) is 5.22. The fourth-order valence-corrected chi connectivity index (χ4v) is 4.42. The summed E-state index contributed by atoms with van der Waals surface area (Å²) in [4.78, 5) is 1.23. The maximum absolute atomic E-state index is 12.0. The topological polar surface area (TPSA) is 72.2 Å². The van der Waals surface area contributed by atoms with Crippen molar-refractivity contribution in [3.8, 4) is 0 Å². The first-order valence-corrected chi connectivity index (χ1v) is 7.63. The Labute approximate surface area is 99.9 Å². The van der Waals surface area contributed by atoms with Crippen LogP contribution in [-0.4, -0.2) is 14.0 Å². The van der Waals surface area contributed by atoms with Crippen LogP contribution in [0.3, 0.4) is 0 Å². The molecule has 90 valence electrons. The monoisotopic (exact) mass is 260 g/mol. The Morgan fingerprint density at radius 1 is 1.56 bits per heavy atom. The van der Waals surface area contributed by atoms with Crippen LogP contribution in [0.5, 0.6) is 0 Å². The second-order valence-electron chi connectivity index (χ2n) is 4.47. The van der Waals surface area contributed by atoms with Crippen molar-refractivity contribution in [3.05, 3.63) is 16.3 Å². The molecular formula is C10H16N2O2S2. The van der Waals surface area contributed by atoms with Crippen molar-refractivity contribution in [1.82, 2.24) is 4.72 Å². The summed E-state index contributed by atoms with van der Waals surface area (Å²) in [5, 5.41) is 1.65. The molecule has 1 aromatic rings. The predicted octanol–water partition coefficient (Wildman–Crippen LogP) is 1.43. The Morgan fingerprint density at radius 3 is 2.69 bits per heavy atom. The van der Waals surface area contributed by atoms with Crippen LogP contribution in [0.1, 0.15) is 31.1 Å². The van der Waals surface area contributed by atoms with Crippen molar-refractivity contribution in [2.45, 2.75) is 43.2 Å². The van der Waals surface area contributed by atoms with E-state index in [1.54, 1.807) is 11.4 Å². The predicted molar refractivity (Wildman–Crippen MR) is 64.8 cm³/mol. The molecule has 16 heavy (non-hydrogen) atoms. The third-order valence-electron chi connectivity index (χ3n) is 2.98. The third-order valence-corrected chi connectivity index (χ3v) is 5.71. The van der Waals surface area contributed by atoms with Crippen molar-refractivity contribution in [2.24, 2.45) is 5.73 Å². The van der Waals surface area contributed by atoms with Crippen LogP contribution >= 0.6 is 11.3 Å². The van der Waals surface area contributed by atoms with Crippen LogP contribution in [0.25, 0.3) is 0 Å². The van der Waals surface area contributed by atoms with Gasteiger partial charge in [0, 0.05) is 22.3 Å². The number of nitrogens with two attached hydrogens (primary N) is 1. The fourth-order valence-electron chi connectivity index (χ4n) is 1.80. The number of thiophene rings is 1. The molecule has 6 heteroatoms. The van der Waals surface area contributed by atoms with Gasteiger partial charge in [-0.1, -0.05) is 0 Å². The molecule has 1 heterocycles. The average molecular weight is 260 g/mol. The summed E-state index contributed by atoms with van der Waals surface area (Å²) >= 11 is 1.38. The molecule has 0 bridgehead atoms. The molecule has 4 nitrogen and oxygen atoms in total. The number of sulfonamides is 1. The SMILES string of the molecule is CC1(NS(=O)(=O)c2csc(CN)c2)CCC1. The van der Waals surface area contributed by atoms with E-state index in [1.807, 2.05) is 6.92 Å². The second-order valence-corrected chi connectivity index (χ2v) is 7.15. The summed E-state index contributed by atoms with van der Waals surface area (Å²) in [5.74, 6) is 0. The van der Waals surface area contributed by atoms with Gasteiger partial charge in [0.25, 0.3) is 0 Å². The molecule has 0 aliphatic heterocycles. The van der Waals surface area contributed by atoms with Gasteiger partial charge < -0.3 is 5.73 Å². The molecule has 0 saturated heterocycles. The number of hydrogen-bond acceptors (Lipinski definition) is 4. The van der Waals surface area contributed by atoms with Gasteiger partial charge in [0.05, 0.1) is 4.90 Å². The summed E-state index contributed by atoms with van der Waals surface area (Å²) in [6.07, 6.45) is 2.93. The Morgan fingerprint density at radius 2 is 2.25 bits per heavy atom. The van der Waals surface area contributed by atoms with E-state index >= 15 is 0 Å². The lowest BCUT2D eigenvalue weighted by molar-refractivity contribution is 0.248. The Bertz CT molecular complexity index is 475. The summed E-state index contributed by atoms with van der Waals surface area (Å²) in [6.45, 7) is 2.34. The highest BCUT2D eigenvalue weighted by molar-refractivity contribution is 7.89. The highest BCUT2D eigenvalue weighted by Crippen LogP contribution is 2.33. The lowest BCUT2D eigenvalue weighted by atomic mass is 9.80. The standard InChI is InChI=1S/C10H16N2O2S2/c1-10(3-2-4-10)12-16(13,14)9-5-8(6-11)15-7-9/h5,7,12H,2-4,6,11H2,1H3. The van der Waals surface area contributed by atoms with E-state index < -0.39 is 10.0 Å². The zero-order valence-electron chi connectivity index (χ0n) is 9.19. The first kappa shape index (κ1) is 12.0. The van der Waals surface area contributed by atoms with Gasteiger partial charge in [-0.3, -0.25) is 0 Å². The quantitative estimate of drug-likeness (QED) is 0.860. The number of hydrogen-bond donors (Lipinski definition) is 2. The molecule has 0 atom stereocenters. The highest BCUT2D eigenvalue weighted by atomic mass is 32.2. The van der Waals surface area contributed by atoms with Gasteiger partial charge in [-0.05, 0) is 32.3 Å². The highest BCUT2D eigenvalue weighted by Gasteiger charge is 2.36. The average Bonchev–Trinajstić information content (AvgIpc) is 2.63. The number of nitrogens with one attached hydrogen (secondary N) is 1. The van der Waals surface area contributed by atoms with Gasteiger partial charge in [-0.15, -0.1) is 11.3 Å². The molecule has 1 aliphatic rings. The lowest BCUT2D eigenvalue weighted by Gasteiger charge is -2.38. The zero-order chi connectivity index (χ0) is 11.8. The van der Waals surface area contributed by atoms with Crippen LogP contribution in [-0.2, 0) is 16.6 Å². The van der Waals surface area contributed by atoms with Gasteiger partial charge >= 0.3 is 0 Å². The molecule has 1 aliphatic carbocycles. The number of rotatable bonds is 4. The van der Waals surface area contributed by atoms with Crippen molar-refractivity contribution in [2.75, 3.05) is 0 Å². The van der Waals surface area contributed by atoms with Gasteiger partial charge in [0.2, 0.25) is 10.0 Å². The van der Waals surface area contributed by atoms with Crippen LogP contribution in [0, 0.1) is 0 Å². The molecule has 0 radical (unpaired) electrons. The van der Waals surface area contributed by atoms with Crippen LogP contribution in [0.2, 0.25) is 0 Å². The smallest absolute Gasteiger partial charge is 0.241 e. The zero-order valence-corrected chi connectivity index (χ0v) is 10.8. The molecule has 1 saturated carbocycles. The van der Waals surface area contributed by atoms with Crippen molar-refractivity contribution in [3.63, 3.8) is 0 Å². The lowest BCUT2D eigenvalue weighted by Crippen LogP contribution is -2.50. The van der Waals surface area contributed by atoms with Gasteiger partial charge in [0.1, 0.15) is 0 Å². The minimum Gasteiger partial charge on any atom is -0.326 e. The van der Waals surface area contributed by atoms with E-state index in [0.717, 1.165) is 24.1 Å². The summed E-state index contributed by atoms with van der Waals surface area (Å²) in [7, 11) is -3.36.